The number of ether oxygens (including phenoxy) is 2. The van der Waals surface area contributed by atoms with E-state index in [2.05, 4.69) is 10.3 Å². The number of pyridine rings is 1. The maximum Gasteiger partial charge on any atom is 0.337 e. The third-order valence-corrected chi connectivity index (χ3v) is 4.25. The lowest BCUT2D eigenvalue weighted by molar-refractivity contribution is -0.137. The fraction of sp³-hybridized carbons (Fsp3) is 0.294. The maximum atomic E-state index is 14.2. The summed E-state index contributed by atoms with van der Waals surface area (Å²) in [7, 11) is 1.09. The van der Waals surface area contributed by atoms with Gasteiger partial charge in [-0.1, -0.05) is 0 Å². The van der Waals surface area contributed by atoms with Crippen LogP contribution in [0.15, 0.2) is 34.9 Å². The monoisotopic (exact) mass is 364 g/mol. The van der Waals surface area contributed by atoms with Gasteiger partial charge in [-0.3, -0.25) is 9.78 Å². The van der Waals surface area contributed by atoms with Crippen LogP contribution < -0.4 is 5.32 Å². The third kappa shape index (κ3) is 2.65. The molecule has 3 rings (SSSR count). The van der Waals surface area contributed by atoms with Crippen LogP contribution in [0.1, 0.15) is 30.1 Å². The van der Waals surface area contributed by atoms with Gasteiger partial charge in [-0.05, 0) is 12.5 Å². The first-order valence-corrected chi connectivity index (χ1v) is 7.62. The number of hydrogen-bond donors (Lipinski definition) is 1. The van der Waals surface area contributed by atoms with Gasteiger partial charge in [0.05, 0.1) is 41.8 Å². The minimum absolute atomic E-state index is 0.00898. The lowest BCUT2D eigenvalue weighted by Gasteiger charge is -2.28. The first kappa shape index (κ1) is 17.7. The van der Waals surface area contributed by atoms with Gasteiger partial charge in [0.2, 0.25) is 0 Å². The molecule has 0 aliphatic carbocycles. The highest BCUT2D eigenvalue weighted by atomic mass is 19.1. The van der Waals surface area contributed by atoms with Crippen molar-refractivity contribution in [1.82, 2.24) is 10.3 Å². The van der Waals surface area contributed by atoms with E-state index in [1.54, 1.807) is 0 Å². The summed E-state index contributed by atoms with van der Waals surface area (Å²) < 4.78 is 38.0. The summed E-state index contributed by atoms with van der Waals surface area (Å²) in [6.45, 7) is 0.965. The van der Waals surface area contributed by atoms with Crippen molar-refractivity contribution in [2.75, 3.05) is 13.7 Å². The van der Waals surface area contributed by atoms with Gasteiger partial charge in [-0.25, -0.2) is 18.4 Å². The second-order valence-electron chi connectivity index (χ2n) is 5.70. The molecule has 0 bridgehead atoms. The normalized spacial score (nSPS) is 20.3. The average Bonchev–Trinajstić information content (AvgIpc) is 2.99. The van der Waals surface area contributed by atoms with Crippen LogP contribution in [-0.2, 0) is 23.9 Å². The first-order chi connectivity index (χ1) is 12.4. The molecule has 2 atom stereocenters. The molecular weight excluding hydrogens is 350 g/mol. The molecule has 26 heavy (non-hydrogen) atoms. The van der Waals surface area contributed by atoms with Crippen LogP contribution in [0.25, 0.3) is 0 Å². The highest BCUT2D eigenvalue weighted by molar-refractivity contribution is 6.04. The molecule has 2 unspecified atom stereocenters. The number of rotatable bonds is 4. The number of carbonyl (C=O) groups is 3. The predicted octanol–water partition coefficient (Wildman–Crippen LogP) is 1.37. The lowest BCUT2D eigenvalue weighted by atomic mass is 9.79. The first-order valence-electron chi connectivity index (χ1n) is 7.62. The topological polar surface area (TPSA) is 94.6 Å². The quantitative estimate of drug-likeness (QED) is 0.637. The Morgan fingerprint density at radius 3 is 2.85 bits per heavy atom. The van der Waals surface area contributed by atoms with Crippen LogP contribution in [0.4, 0.5) is 8.78 Å². The van der Waals surface area contributed by atoms with Gasteiger partial charge in [0.25, 0.3) is 0 Å². The molecule has 0 amide bonds. The molecule has 0 aromatic carbocycles. The number of allylic oxidation sites excluding steroid dienone is 1. The molecule has 0 spiro atoms. The maximum absolute atomic E-state index is 14.2. The van der Waals surface area contributed by atoms with Gasteiger partial charge in [-0.15, -0.1) is 0 Å². The third-order valence-electron chi connectivity index (χ3n) is 4.25. The number of nitrogens with zero attached hydrogens (tertiary/aromatic N) is 1. The van der Waals surface area contributed by atoms with Gasteiger partial charge in [0.15, 0.2) is 6.29 Å². The Labute approximate surface area is 146 Å². The highest BCUT2D eigenvalue weighted by Gasteiger charge is 2.44. The molecule has 136 valence electrons. The Hall–Kier alpha value is -3.10. The van der Waals surface area contributed by atoms with E-state index in [4.69, 9.17) is 9.47 Å². The van der Waals surface area contributed by atoms with Gasteiger partial charge >= 0.3 is 11.9 Å². The molecule has 2 aliphatic rings. The van der Waals surface area contributed by atoms with Gasteiger partial charge in [0.1, 0.15) is 18.6 Å². The van der Waals surface area contributed by atoms with Crippen molar-refractivity contribution in [2.24, 2.45) is 0 Å². The number of cyclic esters (lactones) is 1. The summed E-state index contributed by atoms with van der Waals surface area (Å²) in [5.74, 6) is -3.85. The molecule has 0 saturated carbocycles. The van der Waals surface area contributed by atoms with Crippen molar-refractivity contribution in [1.29, 1.82) is 0 Å². The number of methoxy groups -OCH3 is 1. The number of aromatic nitrogens is 1. The number of hydrogen-bond acceptors (Lipinski definition) is 7. The largest absolute Gasteiger partial charge is 0.466 e. The van der Waals surface area contributed by atoms with Crippen molar-refractivity contribution in [2.45, 2.75) is 19.0 Å². The predicted molar refractivity (Wildman–Crippen MR) is 82.7 cm³/mol. The summed E-state index contributed by atoms with van der Waals surface area (Å²) in [6, 6.07) is 0. The van der Waals surface area contributed by atoms with Crippen LogP contribution in [0.2, 0.25) is 0 Å². The van der Waals surface area contributed by atoms with Crippen molar-refractivity contribution in [3.63, 3.8) is 0 Å². The Morgan fingerprint density at radius 2 is 2.23 bits per heavy atom. The zero-order chi connectivity index (χ0) is 19.0. The number of alkyl halides is 1. The van der Waals surface area contributed by atoms with E-state index in [0.29, 0.717) is 6.29 Å². The van der Waals surface area contributed by atoms with E-state index in [9.17, 15) is 23.2 Å². The van der Waals surface area contributed by atoms with Crippen molar-refractivity contribution in [3.05, 3.63) is 51.9 Å². The number of esters is 2. The summed E-state index contributed by atoms with van der Waals surface area (Å²) in [4.78, 5) is 39.7. The van der Waals surface area contributed by atoms with E-state index < -0.39 is 29.8 Å². The molecule has 2 aliphatic heterocycles. The van der Waals surface area contributed by atoms with Crippen LogP contribution in [0.3, 0.4) is 0 Å². The van der Waals surface area contributed by atoms with E-state index in [-0.39, 0.29) is 40.3 Å². The fourth-order valence-electron chi connectivity index (χ4n) is 3.19. The SMILES string of the molecule is COC(=O)C1=C(C=O)NC2=C(C(=O)OC2)C1c1cncc(F)c1C(C)F. The van der Waals surface area contributed by atoms with Crippen LogP contribution >= 0.6 is 0 Å². The van der Waals surface area contributed by atoms with Crippen molar-refractivity contribution < 1.29 is 32.6 Å². The molecule has 0 saturated heterocycles. The zero-order valence-electron chi connectivity index (χ0n) is 13.8. The minimum atomic E-state index is -1.75. The molecule has 3 heterocycles. The average molecular weight is 364 g/mol. The fourth-order valence-corrected chi connectivity index (χ4v) is 3.19. The molecular formula is C17H14F2N2O5. The summed E-state index contributed by atoms with van der Waals surface area (Å²) >= 11 is 0. The summed E-state index contributed by atoms with van der Waals surface area (Å²) in [5.41, 5.74) is -0.575. The standard InChI is InChI=1S/C17H14F2N2O5/c1-7(18)12-8(3-20-4-9(12)19)13-14(16(23)25-2)10(5-22)21-11-6-26-17(24)15(11)13/h3-5,7,13,21H,6H2,1-2H3. The second kappa shape index (κ2) is 6.66. The summed E-state index contributed by atoms with van der Waals surface area (Å²) in [6.07, 6.45) is 0.617. The van der Waals surface area contributed by atoms with Crippen LogP contribution in [-0.4, -0.2) is 36.9 Å². The number of carbonyl (C=O) groups excluding carboxylic acids is 3. The Balaban J connectivity index is 2.32. The molecule has 7 nitrogen and oxygen atoms in total. The molecule has 1 aromatic heterocycles. The molecule has 1 N–H and O–H groups in total. The Morgan fingerprint density at radius 1 is 1.50 bits per heavy atom. The lowest BCUT2D eigenvalue weighted by Crippen LogP contribution is -2.32. The number of halogens is 2. The smallest absolute Gasteiger partial charge is 0.337 e. The molecule has 9 heteroatoms. The molecule has 0 radical (unpaired) electrons. The second-order valence-corrected chi connectivity index (χ2v) is 5.70. The zero-order valence-corrected chi connectivity index (χ0v) is 13.8. The molecule has 0 fully saturated rings. The number of nitrogens with one attached hydrogen (secondary N) is 1. The van der Waals surface area contributed by atoms with Gasteiger partial charge in [0, 0.05) is 11.8 Å². The van der Waals surface area contributed by atoms with E-state index in [1.165, 1.54) is 0 Å². The van der Waals surface area contributed by atoms with E-state index in [1.807, 2.05) is 0 Å². The number of dihydropyridines is 1. The minimum Gasteiger partial charge on any atom is -0.466 e. The van der Waals surface area contributed by atoms with Crippen LogP contribution in [0.5, 0.6) is 0 Å². The van der Waals surface area contributed by atoms with Crippen molar-refractivity contribution >= 4 is 18.2 Å². The summed E-state index contributed by atoms with van der Waals surface area (Å²) in [5, 5.41) is 2.66. The van der Waals surface area contributed by atoms with Gasteiger partial charge in [-0.2, -0.15) is 0 Å². The highest BCUT2D eigenvalue weighted by Crippen LogP contribution is 2.43. The Kier molecular flexibility index (Phi) is 4.54. The van der Waals surface area contributed by atoms with Crippen LogP contribution in [0, 0.1) is 5.82 Å². The number of aldehydes is 1. The van der Waals surface area contributed by atoms with Crippen molar-refractivity contribution in [3.8, 4) is 0 Å². The van der Waals surface area contributed by atoms with Gasteiger partial charge < -0.3 is 14.8 Å². The van der Waals surface area contributed by atoms with E-state index in [0.717, 1.165) is 26.4 Å². The molecule has 1 aromatic rings. The Bertz CT molecular complexity index is 876. The van der Waals surface area contributed by atoms with E-state index >= 15 is 0 Å².